The highest BCUT2D eigenvalue weighted by molar-refractivity contribution is 5.92. The summed E-state index contributed by atoms with van der Waals surface area (Å²) >= 11 is 0. The molecule has 0 spiro atoms. The Morgan fingerprint density at radius 3 is 2.95 bits per heavy atom. The minimum Gasteiger partial charge on any atom is -0.380 e. The minimum atomic E-state index is -0.617. The number of carbonyl (C=O) groups excluding carboxylic acids is 1. The SMILES string of the molecule is COC1CCCC1NCc1ccc(C(N)=O)cc1F. The molecule has 2 unspecified atom stereocenters. The molecular formula is C14H19FN2O2. The zero-order chi connectivity index (χ0) is 13.8. The molecule has 2 atom stereocenters. The Morgan fingerprint density at radius 1 is 1.53 bits per heavy atom. The van der Waals surface area contributed by atoms with Gasteiger partial charge in [0.15, 0.2) is 0 Å². The van der Waals surface area contributed by atoms with Crippen molar-refractivity contribution in [2.24, 2.45) is 5.73 Å². The summed E-state index contributed by atoms with van der Waals surface area (Å²) in [6.07, 6.45) is 3.41. The van der Waals surface area contributed by atoms with Gasteiger partial charge in [-0.1, -0.05) is 6.07 Å². The van der Waals surface area contributed by atoms with Crippen molar-refractivity contribution < 1.29 is 13.9 Å². The van der Waals surface area contributed by atoms with Crippen LogP contribution in [-0.4, -0.2) is 25.2 Å². The Labute approximate surface area is 112 Å². The second-order valence-electron chi connectivity index (χ2n) is 4.86. The lowest BCUT2D eigenvalue weighted by Crippen LogP contribution is -2.36. The van der Waals surface area contributed by atoms with E-state index in [0.29, 0.717) is 12.1 Å². The molecule has 1 aromatic carbocycles. The summed E-state index contributed by atoms with van der Waals surface area (Å²) in [7, 11) is 1.70. The first-order chi connectivity index (χ1) is 9.11. The van der Waals surface area contributed by atoms with E-state index < -0.39 is 11.7 Å². The van der Waals surface area contributed by atoms with Crippen LogP contribution in [0.4, 0.5) is 4.39 Å². The average molecular weight is 266 g/mol. The molecule has 4 nitrogen and oxygen atoms in total. The monoisotopic (exact) mass is 266 g/mol. The summed E-state index contributed by atoms with van der Waals surface area (Å²) < 4.78 is 19.2. The minimum absolute atomic E-state index is 0.192. The molecule has 1 saturated carbocycles. The molecule has 0 aromatic heterocycles. The molecule has 3 N–H and O–H groups in total. The van der Waals surface area contributed by atoms with Crippen LogP contribution >= 0.6 is 0 Å². The summed E-state index contributed by atoms with van der Waals surface area (Å²) in [5.41, 5.74) is 5.83. The molecule has 1 aliphatic rings. The van der Waals surface area contributed by atoms with Gasteiger partial charge in [0.25, 0.3) is 0 Å². The van der Waals surface area contributed by atoms with Crippen LogP contribution in [0.1, 0.15) is 35.2 Å². The number of methoxy groups -OCH3 is 1. The lowest BCUT2D eigenvalue weighted by molar-refractivity contribution is 0.0846. The number of nitrogens with one attached hydrogen (secondary N) is 1. The maximum absolute atomic E-state index is 13.8. The number of rotatable bonds is 5. The van der Waals surface area contributed by atoms with Crippen molar-refractivity contribution in [3.63, 3.8) is 0 Å². The lowest BCUT2D eigenvalue weighted by Gasteiger charge is -2.19. The molecular weight excluding hydrogens is 247 g/mol. The van der Waals surface area contributed by atoms with Crippen LogP contribution in [-0.2, 0) is 11.3 Å². The first-order valence-corrected chi connectivity index (χ1v) is 6.46. The van der Waals surface area contributed by atoms with Crippen molar-refractivity contribution in [1.29, 1.82) is 0 Å². The predicted molar refractivity (Wildman–Crippen MR) is 70.2 cm³/mol. The number of hydrogen-bond acceptors (Lipinski definition) is 3. The first-order valence-electron chi connectivity index (χ1n) is 6.46. The zero-order valence-corrected chi connectivity index (χ0v) is 11.0. The van der Waals surface area contributed by atoms with Gasteiger partial charge >= 0.3 is 0 Å². The van der Waals surface area contributed by atoms with Gasteiger partial charge in [0.1, 0.15) is 5.82 Å². The number of benzene rings is 1. The van der Waals surface area contributed by atoms with Crippen molar-refractivity contribution in [3.05, 3.63) is 35.1 Å². The molecule has 1 fully saturated rings. The Morgan fingerprint density at radius 2 is 2.32 bits per heavy atom. The number of carbonyl (C=O) groups is 1. The van der Waals surface area contributed by atoms with Gasteiger partial charge < -0.3 is 15.8 Å². The summed E-state index contributed by atoms with van der Waals surface area (Å²) in [6.45, 7) is 0.426. The van der Waals surface area contributed by atoms with Gasteiger partial charge in [-0.15, -0.1) is 0 Å². The highest BCUT2D eigenvalue weighted by atomic mass is 19.1. The van der Waals surface area contributed by atoms with Gasteiger partial charge in [0.05, 0.1) is 6.10 Å². The van der Waals surface area contributed by atoms with Gasteiger partial charge in [0, 0.05) is 30.8 Å². The Kier molecular flexibility index (Phi) is 4.50. The van der Waals surface area contributed by atoms with Crippen LogP contribution in [0.3, 0.4) is 0 Å². The van der Waals surface area contributed by atoms with E-state index in [-0.39, 0.29) is 17.7 Å². The third-order valence-electron chi connectivity index (χ3n) is 3.65. The fourth-order valence-corrected chi connectivity index (χ4v) is 2.53. The molecule has 0 heterocycles. The lowest BCUT2D eigenvalue weighted by atomic mass is 10.1. The van der Waals surface area contributed by atoms with Gasteiger partial charge in [-0.05, 0) is 31.4 Å². The van der Waals surface area contributed by atoms with Gasteiger partial charge in [0.2, 0.25) is 5.91 Å². The maximum atomic E-state index is 13.8. The molecule has 0 saturated heterocycles. The van der Waals surface area contributed by atoms with E-state index in [2.05, 4.69) is 5.32 Å². The standard InChI is InChI=1S/C14H19FN2O2/c1-19-13-4-2-3-12(13)17-8-10-6-5-9(14(16)18)7-11(10)15/h5-7,12-13,17H,2-4,8H2,1H3,(H2,16,18). The highest BCUT2D eigenvalue weighted by Gasteiger charge is 2.26. The van der Waals surface area contributed by atoms with Crippen molar-refractivity contribution in [3.8, 4) is 0 Å². The smallest absolute Gasteiger partial charge is 0.248 e. The van der Waals surface area contributed by atoms with Crippen molar-refractivity contribution >= 4 is 5.91 Å². The second kappa shape index (κ2) is 6.12. The normalized spacial score (nSPS) is 22.6. The van der Waals surface area contributed by atoms with Crippen LogP contribution in [0.5, 0.6) is 0 Å². The maximum Gasteiger partial charge on any atom is 0.248 e. The van der Waals surface area contributed by atoms with Crippen molar-refractivity contribution in [2.45, 2.75) is 38.0 Å². The Bertz CT molecular complexity index is 465. The summed E-state index contributed by atoms with van der Waals surface area (Å²) in [4.78, 5) is 10.9. The van der Waals surface area contributed by atoms with Crippen LogP contribution in [0.15, 0.2) is 18.2 Å². The van der Waals surface area contributed by atoms with E-state index in [1.807, 2.05) is 0 Å². The molecule has 104 valence electrons. The Hall–Kier alpha value is -1.46. The molecule has 2 rings (SSSR count). The third kappa shape index (κ3) is 3.30. The molecule has 1 aliphatic carbocycles. The number of hydrogen-bond donors (Lipinski definition) is 2. The first kappa shape index (κ1) is 14.0. The Balaban J connectivity index is 1.98. The van der Waals surface area contributed by atoms with E-state index in [9.17, 15) is 9.18 Å². The van der Waals surface area contributed by atoms with E-state index in [1.54, 1.807) is 19.2 Å². The molecule has 0 aliphatic heterocycles. The zero-order valence-electron chi connectivity index (χ0n) is 11.0. The number of primary amides is 1. The molecule has 1 aromatic rings. The van der Waals surface area contributed by atoms with Gasteiger partial charge in [-0.2, -0.15) is 0 Å². The van der Waals surface area contributed by atoms with E-state index in [0.717, 1.165) is 19.3 Å². The summed E-state index contributed by atoms with van der Waals surface area (Å²) in [5, 5.41) is 3.31. The van der Waals surface area contributed by atoms with Crippen molar-refractivity contribution in [2.75, 3.05) is 7.11 Å². The molecule has 1 amide bonds. The molecule has 0 bridgehead atoms. The number of amides is 1. The van der Waals surface area contributed by atoms with E-state index >= 15 is 0 Å². The molecule has 19 heavy (non-hydrogen) atoms. The van der Waals surface area contributed by atoms with Gasteiger partial charge in [-0.3, -0.25) is 4.79 Å². The van der Waals surface area contributed by atoms with Crippen LogP contribution in [0.2, 0.25) is 0 Å². The third-order valence-corrected chi connectivity index (χ3v) is 3.65. The van der Waals surface area contributed by atoms with Crippen LogP contribution in [0, 0.1) is 5.82 Å². The van der Waals surface area contributed by atoms with Crippen LogP contribution in [0.25, 0.3) is 0 Å². The second-order valence-corrected chi connectivity index (χ2v) is 4.86. The van der Waals surface area contributed by atoms with Gasteiger partial charge in [-0.25, -0.2) is 4.39 Å². The largest absolute Gasteiger partial charge is 0.380 e. The molecule has 5 heteroatoms. The van der Waals surface area contributed by atoms with Crippen molar-refractivity contribution in [1.82, 2.24) is 5.32 Å². The average Bonchev–Trinajstić information content (AvgIpc) is 2.84. The predicted octanol–water partition coefficient (Wildman–Crippen LogP) is 1.58. The fourth-order valence-electron chi connectivity index (χ4n) is 2.53. The summed E-state index contributed by atoms with van der Waals surface area (Å²) in [6, 6.07) is 4.59. The molecule has 0 radical (unpaired) electrons. The highest BCUT2D eigenvalue weighted by Crippen LogP contribution is 2.22. The number of halogens is 1. The quantitative estimate of drug-likeness (QED) is 0.850. The fraction of sp³-hybridized carbons (Fsp3) is 0.500. The van der Waals surface area contributed by atoms with E-state index in [4.69, 9.17) is 10.5 Å². The number of ether oxygens (including phenoxy) is 1. The number of nitrogens with two attached hydrogens (primary N) is 1. The topological polar surface area (TPSA) is 64.3 Å². The van der Waals surface area contributed by atoms with Crippen LogP contribution < -0.4 is 11.1 Å². The van der Waals surface area contributed by atoms with E-state index in [1.165, 1.54) is 6.07 Å². The summed E-state index contributed by atoms with van der Waals surface area (Å²) in [5.74, 6) is -1.02.